The SMILES string of the molecule is CN(C)C(CNC1CCN(C(=O)OC(C)(C)C)C1)c1ccco1. The van der Waals surface area contributed by atoms with Crippen molar-refractivity contribution < 1.29 is 13.9 Å². The fraction of sp³-hybridized carbons (Fsp3) is 0.706. The highest BCUT2D eigenvalue weighted by Crippen LogP contribution is 2.19. The number of carbonyl (C=O) groups is 1. The Labute approximate surface area is 138 Å². The van der Waals surface area contributed by atoms with Gasteiger partial charge in [-0.1, -0.05) is 0 Å². The number of likely N-dealkylation sites (tertiary alicyclic amines) is 1. The van der Waals surface area contributed by atoms with Crippen molar-refractivity contribution in [3.8, 4) is 0 Å². The molecule has 6 heteroatoms. The number of ether oxygens (including phenoxy) is 1. The van der Waals surface area contributed by atoms with Gasteiger partial charge in [0.05, 0.1) is 12.3 Å². The fourth-order valence-corrected chi connectivity index (χ4v) is 2.72. The van der Waals surface area contributed by atoms with Gasteiger partial charge in [0.15, 0.2) is 0 Å². The van der Waals surface area contributed by atoms with Gasteiger partial charge in [0.25, 0.3) is 0 Å². The van der Waals surface area contributed by atoms with Gasteiger partial charge in [-0.15, -0.1) is 0 Å². The van der Waals surface area contributed by atoms with Crippen molar-refractivity contribution in [2.24, 2.45) is 0 Å². The molecule has 2 unspecified atom stereocenters. The minimum Gasteiger partial charge on any atom is -0.468 e. The first-order valence-corrected chi connectivity index (χ1v) is 8.17. The van der Waals surface area contributed by atoms with E-state index in [2.05, 4.69) is 10.2 Å². The Hall–Kier alpha value is -1.53. The maximum Gasteiger partial charge on any atom is 0.410 e. The van der Waals surface area contributed by atoms with Crippen LogP contribution in [0.1, 0.15) is 39.0 Å². The highest BCUT2D eigenvalue weighted by Gasteiger charge is 2.30. The largest absolute Gasteiger partial charge is 0.468 e. The molecule has 0 aliphatic carbocycles. The van der Waals surface area contributed by atoms with Crippen LogP contribution in [0.25, 0.3) is 0 Å². The van der Waals surface area contributed by atoms with E-state index in [1.807, 2.05) is 47.0 Å². The first-order chi connectivity index (χ1) is 10.8. The molecule has 1 aliphatic heterocycles. The lowest BCUT2D eigenvalue weighted by molar-refractivity contribution is 0.0290. The highest BCUT2D eigenvalue weighted by molar-refractivity contribution is 5.68. The zero-order valence-electron chi connectivity index (χ0n) is 14.8. The van der Waals surface area contributed by atoms with Crippen LogP contribution in [-0.2, 0) is 4.74 Å². The third kappa shape index (κ3) is 5.25. The van der Waals surface area contributed by atoms with Gasteiger partial charge in [0.1, 0.15) is 11.4 Å². The van der Waals surface area contributed by atoms with Crippen molar-refractivity contribution in [1.82, 2.24) is 15.1 Å². The molecule has 1 amide bonds. The molecule has 1 N–H and O–H groups in total. The van der Waals surface area contributed by atoms with Crippen molar-refractivity contribution in [2.45, 2.75) is 44.9 Å². The number of furan rings is 1. The van der Waals surface area contributed by atoms with E-state index in [0.717, 1.165) is 25.3 Å². The van der Waals surface area contributed by atoms with Crippen LogP contribution in [0.3, 0.4) is 0 Å². The molecule has 0 spiro atoms. The summed E-state index contributed by atoms with van der Waals surface area (Å²) in [4.78, 5) is 16.0. The lowest BCUT2D eigenvalue weighted by atomic mass is 10.2. The van der Waals surface area contributed by atoms with Crippen LogP contribution in [0.5, 0.6) is 0 Å². The van der Waals surface area contributed by atoms with Gasteiger partial charge in [0, 0.05) is 25.7 Å². The van der Waals surface area contributed by atoms with Gasteiger partial charge in [0.2, 0.25) is 0 Å². The molecule has 0 radical (unpaired) electrons. The molecule has 2 rings (SSSR count). The Morgan fingerprint density at radius 1 is 1.52 bits per heavy atom. The highest BCUT2D eigenvalue weighted by atomic mass is 16.6. The predicted molar refractivity (Wildman–Crippen MR) is 89.4 cm³/mol. The second-order valence-electron chi connectivity index (χ2n) is 7.32. The van der Waals surface area contributed by atoms with Crippen LogP contribution in [0.15, 0.2) is 22.8 Å². The van der Waals surface area contributed by atoms with Crippen LogP contribution in [0.2, 0.25) is 0 Å². The van der Waals surface area contributed by atoms with E-state index in [4.69, 9.17) is 9.15 Å². The van der Waals surface area contributed by atoms with E-state index < -0.39 is 5.60 Å². The summed E-state index contributed by atoms with van der Waals surface area (Å²) in [6.45, 7) is 7.88. The molecule has 1 aromatic rings. The van der Waals surface area contributed by atoms with Crippen molar-refractivity contribution in [1.29, 1.82) is 0 Å². The maximum atomic E-state index is 12.1. The van der Waals surface area contributed by atoms with E-state index in [1.54, 1.807) is 11.2 Å². The van der Waals surface area contributed by atoms with E-state index in [1.165, 1.54) is 0 Å². The Kier molecular flexibility index (Phi) is 5.70. The Balaban J connectivity index is 1.82. The molecular formula is C17H29N3O3. The van der Waals surface area contributed by atoms with Crippen LogP contribution in [-0.4, -0.2) is 61.3 Å². The first kappa shape index (κ1) is 17.8. The summed E-state index contributed by atoms with van der Waals surface area (Å²) in [5.74, 6) is 0.949. The number of hydrogen-bond acceptors (Lipinski definition) is 5. The van der Waals surface area contributed by atoms with Crippen molar-refractivity contribution >= 4 is 6.09 Å². The minimum atomic E-state index is -0.447. The Morgan fingerprint density at radius 2 is 2.26 bits per heavy atom. The summed E-state index contributed by atoms with van der Waals surface area (Å²) in [5, 5.41) is 3.55. The van der Waals surface area contributed by atoms with Crippen LogP contribution < -0.4 is 5.32 Å². The molecule has 0 saturated carbocycles. The van der Waals surface area contributed by atoms with Gasteiger partial charge in [-0.2, -0.15) is 0 Å². The zero-order valence-corrected chi connectivity index (χ0v) is 14.8. The monoisotopic (exact) mass is 323 g/mol. The standard InChI is InChI=1S/C17H29N3O3/c1-17(2,3)23-16(21)20-9-8-13(12-20)18-11-14(19(4)5)15-7-6-10-22-15/h6-7,10,13-14,18H,8-9,11-12H2,1-5H3. The number of rotatable bonds is 5. The molecule has 1 fully saturated rings. The second kappa shape index (κ2) is 7.36. The lowest BCUT2D eigenvalue weighted by Crippen LogP contribution is -2.40. The van der Waals surface area contributed by atoms with Crippen molar-refractivity contribution in [2.75, 3.05) is 33.7 Å². The van der Waals surface area contributed by atoms with E-state index in [-0.39, 0.29) is 12.1 Å². The van der Waals surface area contributed by atoms with Gasteiger partial charge in [-0.25, -0.2) is 4.79 Å². The van der Waals surface area contributed by atoms with Gasteiger partial charge in [-0.3, -0.25) is 4.90 Å². The summed E-state index contributed by atoms with van der Waals surface area (Å²) in [6.07, 6.45) is 2.42. The summed E-state index contributed by atoms with van der Waals surface area (Å²) >= 11 is 0. The molecule has 2 heterocycles. The molecular weight excluding hydrogens is 294 g/mol. The molecule has 0 bridgehead atoms. The minimum absolute atomic E-state index is 0.181. The van der Waals surface area contributed by atoms with Crippen LogP contribution in [0, 0.1) is 0 Å². The molecule has 6 nitrogen and oxygen atoms in total. The Morgan fingerprint density at radius 3 is 2.83 bits per heavy atom. The normalized spacial score (nSPS) is 20.1. The van der Waals surface area contributed by atoms with Gasteiger partial charge < -0.3 is 19.4 Å². The Bertz CT molecular complexity index is 494. The maximum absolute atomic E-state index is 12.1. The molecule has 130 valence electrons. The predicted octanol–water partition coefficient (Wildman–Crippen LogP) is 2.48. The van der Waals surface area contributed by atoms with E-state index in [0.29, 0.717) is 12.6 Å². The number of amides is 1. The first-order valence-electron chi connectivity index (χ1n) is 8.17. The summed E-state index contributed by atoms with van der Waals surface area (Å²) in [5.41, 5.74) is -0.447. The molecule has 2 atom stereocenters. The van der Waals surface area contributed by atoms with Crippen LogP contribution >= 0.6 is 0 Å². The number of carbonyl (C=O) groups excluding carboxylic acids is 1. The van der Waals surface area contributed by atoms with E-state index >= 15 is 0 Å². The van der Waals surface area contributed by atoms with Crippen LogP contribution in [0.4, 0.5) is 4.79 Å². The summed E-state index contributed by atoms with van der Waals surface area (Å²) in [7, 11) is 4.08. The number of nitrogens with one attached hydrogen (secondary N) is 1. The number of likely N-dealkylation sites (N-methyl/N-ethyl adjacent to an activating group) is 1. The smallest absolute Gasteiger partial charge is 0.410 e. The molecule has 1 aromatic heterocycles. The topological polar surface area (TPSA) is 58.0 Å². The molecule has 23 heavy (non-hydrogen) atoms. The summed E-state index contributed by atoms with van der Waals surface area (Å²) < 4.78 is 10.9. The third-order valence-corrected chi connectivity index (χ3v) is 3.93. The molecule has 1 aliphatic rings. The fourth-order valence-electron chi connectivity index (χ4n) is 2.72. The van der Waals surface area contributed by atoms with Gasteiger partial charge in [-0.05, 0) is 53.4 Å². The average Bonchev–Trinajstić information content (AvgIpc) is 3.07. The summed E-state index contributed by atoms with van der Waals surface area (Å²) in [6, 6.07) is 4.38. The zero-order chi connectivity index (χ0) is 17.0. The quantitative estimate of drug-likeness (QED) is 0.902. The van der Waals surface area contributed by atoms with Crippen molar-refractivity contribution in [3.05, 3.63) is 24.2 Å². The second-order valence-corrected chi connectivity index (χ2v) is 7.32. The number of hydrogen-bond donors (Lipinski definition) is 1. The molecule has 0 aromatic carbocycles. The third-order valence-electron chi connectivity index (χ3n) is 3.93. The number of nitrogens with zero attached hydrogens (tertiary/aromatic N) is 2. The van der Waals surface area contributed by atoms with Crippen molar-refractivity contribution in [3.63, 3.8) is 0 Å². The molecule has 1 saturated heterocycles. The average molecular weight is 323 g/mol. The lowest BCUT2D eigenvalue weighted by Gasteiger charge is -2.26. The van der Waals surface area contributed by atoms with Gasteiger partial charge >= 0.3 is 6.09 Å². The van der Waals surface area contributed by atoms with E-state index in [9.17, 15) is 4.79 Å².